The van der Waals surface area contributed by atoms with Crippen LogP contribution in [0.3, 0.4) is 0 Å². The molecule has 3 N–H and O–H groups in total. The number of imidazole rings is 1. The van der Waals surface area contributed by atoms with Gasteiger partial charge in [0.05, 0.1) is 16.1 Å². The highest BCUT2D eigenvalue weighted by Crippen LogP contribution is 2.36. The van der Waals surface area contributed by atoms with Crippen LogP contribution in [0, 0.1) is 6.92 Å². The maximum absolute atomic E-state index is 9.15. The molecule has 5 aromatic rings. The molecule has 0 radical (unpaired) electrons. The van der Waals surface area contributed by atoms with Gasteiger partial charge in [-0.25, -0.2) is 0 Å². The van der Waals surface area contributed by atoms with Crippen molar-refractivity contribution < 1.29 is 19.0 Å². The van der Waals surface area contributed by atoms with Gasteiger partial charge >= 0.3 is 8.60 Å². The van der Waals surface area contributed by atoms with Crippen molar-refractivity contribution in [2.45, 2.75) is 6.92 Å². The van der Waals surface area contributed by atoms with Gasteiger partial charge in [-0.2, -0.15) is 4.98 Å². The van der Waals surface area contributed by atoms with Gasteiger partial charge in [0.1, 0.15) is 11.5 Å². The van der Waals surface area contributed by atoms with E-state index in [9.17, 15) is 0 Å². The molecule has 170 valence electrons. The van der Waals surface area contributed by atoms with E-state index in [1.54, 1.807) is 25.1 Å². The number of benzene rings is 4. The molecule has 4 aromatic carbocycles. The van der Waals surface area contributed by atoms with E-state index in [-0.39, 0.29) is 6.01 Å². The second kappa shape index (κ2) is 9.45. The summed E-state index contributed by atoms with van der Waals surface area (Å²) >= 11 is 6.60. The zero-order valence-corrected chi connectivity index (χ0v) is 19.7. The van der Waals surface area contributed by atoms with Gasteiger partial charge < -0.3 is 24.0 Å². The number of nitrogens with zero attached hydrogens (tertiary/aromatic N) is 1. The second-order valence-electron chi connectivity index (χ2n) is 7.71. The normalized spacial score (nSPS) is 11.2. The Balaban J connectivity index is 1.42. The standard InChI is InChI=1S/C26H20ClN2O4P/c1-16-7-12-20(13-25(16)33-34(30)31)32-26-28-23-14-21(22(27)15-24(23)29-26)19-10-8-18(9-11-19)17-5-3-2-4-6-17/h2-15,30-31H,1H3,(H,28,29). The number of H-pyrrole nitrogens is 1. The molecule has 0 aliphatic carbocycles. The van der Waals surface area contributed by atoms with Crippen LogP contribution in [0.4, 0.5) is 0 Å². The number of halogens is 1. The third-order valence-electron chi connectivity index (χ3n) is 5.41. The molecule has 0 amide bonds. The molecule has 0 atom stereocenters. The first-order chi connectivity index (χ1) is 16.5. The average molecular weight is 491 g/mol. The molecule has 0 fully saturated rings. The van der Waals surface area contributed by atoms with Gasteiger partial charge in [0.25, 0.3) is 6.01 Å². The SMILES string of the molecule is Cc1ccc(Oc2nc3cc(-c4ccc(-c5ccccc5)cc4)c(Cl)cc3[nH]2)cc1OP(O)O. The summed E-state index contributed by atoms with van der Waals surface area (Å²) < 4.78 is 10.9. The highest BCUT2D eigenvalue weighted by atomic mass is 35.5. The molecule has 8 heteroatoms. The molecule has 1 heterocycles. The van der Waals surface area contributed by atoms with Crippen LogP contribution in [0.1, 0.15) is 5.56 Å². The molecule has 5 rings (SSSR count). The Morgan fingerprint density at radius 2 is 1.56 bits per heavy atom. The lowest BCUT2D eigenvalue weighted by atomic mass is 10.00. The van der Waals surface area contributed by atoms with E-state index < -0.39 is 8.60 Å². The quantitative estimate of drug-likeness (QED) is 0.218. The van der Waals surface area contributed by atoms with Crippen LogP contribution in [0.25, 0.3) is 33.3 Å². The number of aromatic nitrogens is 2. The van der Waals surface area contributed by atoms with E-state index in [0.29, 0.717) is 22.0 Å². The zero-order valence-electron chi connectivity index (χ0n) is 18.1. The minimum absolute atomic E-state index is 0.285. The van der Waals surface area contributed by atoms with E-state index in [1.807, 2.05) is 42.5 Å². The number of hydrogen-bond donors (Lipinski definition) is 3. The lowest BCUT2D eigenvalue weighted by molar-refractivity contribution is 0.372. The predicted molar refractivity (Wildman–Crippen MR) is 135 cm³/mol. The highest BCUT2D eigenvalue weighted by Gasteiger charge is 2.13. The fourth-order valence-electron chi connectivity index (χ4n) is 3.69. The van der Waals surface area contributed by atoms with Crippen molar-refractivity contribution in [3.63, 3.8) is 0 Å². The summed E-state index contributed by atoms with van der Waals surface area (Å²) in [6, 6.07) is 27.6. The number of fused-ring (bicyclic) bond motifs is 1. The predicted octanol–water partition coefficient (Wildman–Crippen LogP) is 7.24. The van der Waals surface area contributed by atoms with Crippen LogP contribution in [-0.4, -0.2) is 19.8 Å². The van der Waals surface area contributed by atoms with Crippen LogP contribution >= 0.6 is 20.2 Å². The number of aryl methyl sites for hydroxylation is 1. The summed E-state index contributed by atoms with van der Waals surface area (Å²) in [5.74, 6) is 0.772. The first kappa shape index (κ1) is 22.4. The minimum atomic E-state index is -2.52. The summed E-state index contributed by atoms with van der Waals surface area (Å²) in [5.41, 5.74) is 6.35. The number of aromatic amines is 1. The van der Waals surface area contributed by atoms with E-state index in [0.717, 1.165) is 33.3 Å². The first-order valence-electron chi connectivity index (χ1n) is 10.5. The topological polar surface area (TPSA) is 87.6 Å². The molecular weight excluding hydrogens is 471 g/mol. The van der Waals surface area contributed by atoms with Crippen molar-refractivity contribution in [3.8, 4) is 39.8 Å². The number of ether oxygens (including phenoxy) is 1. The van der Waals surface area contributed by atoms with Crippen molar-refractivity contribution in [2.75, 3.05) is 0 Å². The molecule has 34 heavy (non-hydrogen) atoms. The van der Waals surface area contributed by atoms with Crippen LogP contribution in [0.5, 0.6) is 17.5 Å². The number of rotatable bonds is 6. The Bertz CT molecular complexity index is 1450. The van der Waals surface area contributed by atoms with Gasteiger partial charge in [-0.3, -0.25) is 0 Å². The third-order valence-corrected chi connectivity index (χ3v) is 6.08. The largest absolute Gasteiger partial charge is 0.427 e. The lowest BCUT2D eigenvalue weighted by Gasteiger charge is -2.10. The van der Waals surface area contributed by atoms with Gasteiger partial charge in [0.15, 0.2) is 0 Å². The monoisotopic (exact) mass is 490 g/mol. The molecule has 0 unspecified atom stereocenters. The minimum Gasteiger partial charge on any atom is -0.427 e. The van der Waals surface area contributed by atoms with Crippen molar-refractivity contribution in [2.24, 2.45) is 0 Å². The molecule has 0 aliphatic heterocycles. The Morgan fingerprint density at radius 3 is 2.29 bits per heavy atom. The molecule has 0 saturated heterocycles. The Hall–Kier alpha value is -3.41. The Kier molecular flexibility index (Phi) is 6.22. The first-order valence-corrected chi connectivity index (χ1v) is 12.0. The van der Waals surface area contributed by atoms with Crippen LogP contribution in [-0.2, 0) is 0 Å². The molecule has 0 bridgehead atoms. The van der Waals surface area contributed by atoms with Crippen molar-refractivity contribution in [3.05, 3.63) is 95.5 Å². The van der Waals surface area contributed by atoms with E-state index >= 15 is 0 Å². The maximum Gasteiger partial charge on any atom is 0.391 e. The van der Waals surface area contributed by atoms with Crippen molar-refractivity contribution in [1.82, 2.24) is 9.97 Å². The van der Waals surface area contributed by atoms with Crippen LogP contribution in [0.2, 0.25) is 5.02 Å². The summed E-state index contributed by atoms with van der Waals surface area (Å²) in [5, 5.41) is 0.598. The average Bonchev–Trinajstić information content (AvgIpc) is 3.22. The van der Waals surface area contributed by atoms with Gasteiger partial charge in [0, 0.05) is 11.6 Å². The fraction of sp³-hybridized carbons (Fsp3) is 0.0385. The molecule has 0 aliphatic rings. The third kappa shape index (κ3) is 4.76. The van der Waals surface area contributed by atoms with Crippen molar-refractivity contribution in [1.29, 1.82) is 0 Å². The van der Waals surface area contributed by atoms with E-state index in [2.05, 4.69) is 34.2 Å². The maximum atomic E-state index is 9.15. The molecular formula is C26H20ClN2O4P. The fourth-order valence-corrected chi connectivity index (χ4v) is 4.34. The molecule has 1 aromatic heterocycles. The van der Waals surface area contributed by atoms with E-state index in [4.69, 9.17) is 30.6 Å². The molecule has 6 nitrogen and oxygen atoms in total. The van der Waals surface area contributed by atoms with E-state index in [1.165, 1.54) is 0 Å². The van der Waals surface area contributed by atoms with Crippen LogP contribution in [0.15, 0.2) is 84.9 Å². The smallest absolute Gasteiger partial charge is 0.391 e. The van der Waals surface area contributed by atoms with Crippen molar-refractivity contribution >= 4 is 31.2 Å². The summed E-state index contributed by atoms with van der Waals surface area (Å²) in [7, 11) is -2.52. The van der Waals surface area contributed by atoms with Gasteiger partial charge in [-0.15, -0.1) is 0 Å². The second-order valence-corrected chi connectivity index (χ2v) is 8.80. The van der Waals surface area contributed by atoms with Gasteiger partial charge in [0.2, 0.25) is 0 Å². The Morgan fingerprint density at radius 1 is 0.853 bits per heavy atom. The number of nitrogens with one attached hydrogen (secondary N) is 1. The number of hydrogen-bond acceptors (Lipinski definition) is 5. The highest BCUT2D eigenvalue weighted by molar-refractivity contribution is 7.39. The van der Waals surface area contributed by atoms with Gasteiger partial charge in [-0.05, 0) is 47.4 Å². The lowest BCUT2D eigenvalue weighted by Crippen LogP contribution is -1.91. The van der Waals surface area contributed by atoms with Gasteiger partial charge in [-0.1, -0.05) is 72.3 Å². The Labute approximate surface area is 202 Å². The zero-order chi connectivity index (χ0) is 23.7. The summed E-state index contributed by atoms with van der Waals surface area (Å²) in [4.78, 5) is 26.0. The summed E-state index contributed by atoms with van der Waals surface area (Å²) in [6.45, 7) is 1.80. The molecule has 0 spiro atoms. The van der Waals surface area contributed by atoms with Crippen LogP contribution < -0.4 is 9.26 Å². The molecule has 0 saturated carbocycles. The summed E-state index contributed by atoms with van der Waals surface area (Å²) in [6.07, 6.45) is 0.